The zero-order valence-corrected chi connectivity index (χ0v) is 15.7. The molecule has 0 unspecified atom stereocenters. The molecule has 0 fully saturated rings. The molecule has 0 saturated carbocycles. The normalized spacial score (nSPS) is 14.5. The molecule has 6 heteroatoms. The van der Waals surface area contributed by atoms with Crippen LogP contribution >= 0.6 is 11.3 Å². The van der Waals surface area contributed by atoms with Gasteiger partial charge in [-0.1, -0.05) is 54.6 Å². The maximum absolute atomic E-state index is 12.3. The number of aromatic nitrogens is 1. The van der Waals surface area contributed by atoms with Gasteiger partial charge in [0.25, 0.3) is 0 Å². The van der Waals surface area contributed by atoms with Crippen molar-refractivity contribution in [2.75, 3.05) is 6.61 Å². The summed E-state index contributed by atoms with van der Waals surface area (Å²) in [6.45, 7) is 0.890. The predicted octanol–water partition coefficient (Wildman–Crippen LogP) is 3.38. The number of benzene rings is 2. The van der Waals surface area contributed by atoms with Gasteiger partial charge in [0.15, 0.2) is 11.4 Å². The molecule has 0 spiro atoms. The van der Waals surface area contributed by atoms with Gasteiger partial charge in [-0.2, -0.15) is 0 Å². The number of rotatable bonds is 8. The van der Waals surface area contributed by atoms with Gasteiger partial charge in [0, 0.05) is 11.6 Å². The Balaban J connectivity index is 1.75. The zero-order valence-electron chi connectivity index (χ0n) is 14.9. The lowest BCUT2D eigenvalue weighted by Crippen LogP contribution is -2.46. The van der Waals surface area contributed by atoms with Crippen molar-refractivity contribution in [1.29, 1.82) is 0 Å². The van der Waals surface area contributed by atoms with E-state index in [0.29, 0.717) is 5.01 Å². The molecule has 140 valence electrons. The molecular weight excluding hydrogens is 362 g/mol. The van der Waals surface area contributed by atoms with Gasteiger partial charge in [0.1, 0.15) is 17.7 Å². The fraction of sp³-hybridized carbons (Fsp3) is 0.238. The number of carbonyl (C=O) groups is 1. The van der Waals surface area contributed by atoms with Crippen molar-refractivity contribution in [1.82, 2.24) is 4.98 Å². The molecule has 0 aliphatic rings. The van der Waals surface area contributed by atoms with E-state index in [-0.39, 0.29) is 6.61 Å². The monoisotopic (exact) mass is 383 g/mol. The van der Waals surface area contributed by atoms with Crippen molar-refractivity contribution in [3.63, 3.8) is 0 Å². The fourth-order valence-electron chi connectivity index (χ4n) is 2.73. The summed E-state index contributed by atoms with van der Waals surface area (Å²) in [6.07, 6.45) is 0.302. The van der Waals surface area contributed by atoms with Gasteiger partial charge >= 0.3 is 0 Å². The molecule has 1 heterocycles. The number of aliphatic hydroxyl groups excluding tert-OH is 2. The minimum atomic E-state index is -1.58. The third-order valence-electron chi connectivity index (χ3n) is 4.50. The third kappa shape index (κ3) is 4.31. The molecule has 27 heavy (non-hydrogen) atoms. The summed E-state index contributed by atoms with van der Waals surface area (Å²) in [5.41, 5.74) is 1.48. The summed E-state index contributed by atoms with van der Waals surface area (Å²) < 4.78 is 5.81. The molecule has 0 radical (unpaired) electrons. The third-order valence-corrected chi connectivity index (χ3v) is 5.33. The largest absolute Gasteiger partial charge is 0.388 e. The van der Waals surface area contributed by atoms with Crippen LogP contribution in [0.2, 0.25) is 0 Å². The van der Waals surface area contributed by atoms with Crippen LogP contribution in [0.4, 0.5) is 0 Å². The number of aliphatic hydroxyl groups is 2. The first kappa shape index (κ1) is 19.4. The first-order valence-electron chi connectivity index (χ1n) is 8.54. The number of nitrogens with zero attached hydrogens (tertiary/aromatic N) is 1. The Labute approximate surface area is 161 Å². The zero-order chi connectivity index (χ0) is 19.3. The number of ether oxygens (including phenoxy) is 1. The van der Waals surface area contributed by atoms with E-state index in [1.54, 1.807) is 11.6 Å². The Bertz CT molecular complexity index is 865. The SMILES string of the molecule is C[C@@](OCc1ccc(-c2ccccc2)cc1)(C(=O)CO)[C@@H](O)c1nccs1. The number of hydrogen-bond donors (Lipinski definition) is 2. The smallest absolute Gasteiger partial charge is 0.192 e. The van der Waals surface area contributed by atoms with E-state index in [2.05, 4.69) is 4.98 Å². The van der Waals surface area contributed by atoms with Gasteiger partial charge in [0.2, 0.25) is 0 Å². The van der Waals surface area contributed by atoms with Crippen LogP contribution in [0.5, 0.6) is 0 Å². The molecule has 3 aromatic rings. The molecule has 0 amide bonds. The van der Waals surface area contributed by atoms with Gasteiger partial charge in [-0.25, -0.2) is 4.98 Å². The second kappa shape index (κ2) is 8.54. The highest BCUT2D eigenvalue weighted by Crippen LogP contribution is 2.32. The lowest BCUT2D eigenvalue weighted by Gasteiger charge is -2.31. The number of hydrogen-bond acceptors (Lipinski definition) is 6. The molecule has 0 aliphatic heterocycles. The minimum Gasteiger partial charge on any atom is -0.388 e. The average Bonchev–Trinajstić information content (AvgIpc) is 3.26. The van der Waals surface area contributed by atoms with Crippen molar-refractivity contribution < 1.29 is 19.7 Å². The second-order valence-electron chi connectivity index (χ2n) is 6.31. The van der Waals surface area contributed by atoms with E-state index >= 15 is 0 Å². The second-order valence-corrected chi connectivity index (χ2v) is 7.24. The first-order valence-corrected chi connectivity index (χ1v) is 9.42. The first-order chi connectivity index (χ1) is 13.0. The molecule has 0 aliphatic carbocycles. The number of Topliss-reactive ketones (excluding diaryl/α,β-unsaturated/α-hetero) is 1. The molecule has 1 aromatic heterocycles. The Morgan fingerprint density at radius 1 is 1.15 bits per heavy atom. The number of carbonyl (C=O) groups excluding carboxylic acids is 1. The summed E-state index contributed by atoms with van der Waals surface area (Å²) in [5, 5.41) is 22.0. The van der Waals surface area contributed by atoms with Crippen molar-refractivity contribution in [3.05, 3.63) is 76.7 Å². The van der Waals surface area contributed by atoms with Crippen LogP contribution in [0, 0.1) is 0 Å². The quantitative estimate of drug-likeness (QED) is 0.623. The van der Waals surface area contributed by atoms with Gasteiger partial charge in [-0.15, -0.1) is 11.3 Å². The van der Waals surface area contributed by atoms with E-state index in [1.807, 2.05) is 54.6 Å². The predicted molar refractivity (Wildman–Crippen MR) is 104 cm³/mol. The van der Waals surface area contributed by atoms with E-state index in [4.69, 9.17) is 4.74 Å². The molecule has 0 saturated heterocycles. The van der Waals surface area contributed by atoms with Gasteiger partial charge in [0.05, 0.1) is 6.61 Å². The van der Waals surface area contributed by atoms with Crippen LogP contribution in [0.15, 0.2) is 66.2 Å². The summed E-state index contributed by atoms with van der Waals surface area (Å²) in [5.74, 6) is -0.592. The van der Waals surface area contributed by atoms with E-state index in [0.717, 1.165) is 16.7 Å². The topological polar surface area (TPSA) is 79.7 Å². The Hall–Kier alpha value is -2.38. The molecule has 3 rings (SSSR count). The van der Waals surface area contributed by atoms with Gasteiger partial charge in [-0.3, -0.25) is 4.79 Å². The van der Waals surface area contributed by atoms with E-state index < -0.39 is 24.1 Å². The fourth-order valence-corrected chi connectivity index (χ4v) is 3.47. The highest BCUT2D eigenvalue weighted by atomic mass is 32.1. The van der Waals surface area contributed by atoms with Crippen LogP contribution < -0.4 is 0 Å². The highest BCUT2D eigenvalue weighted by molar-refractivity contribution is 7.09. The minimum absolute atomic E-state index is 0.125. The maximum atomic E-state index is 12.3. The van der Waals surface area contributed by atoms with Crippen LogP contribution in [0.3, 0.4) is 0 Å². The summed E-state index contributed by atoms with van der Waals surface area (Å²) in [6, 6.07) is 17.8. The van der Waals surface area contributed by atoms with Crippen LogP contribution in [-0.4, -0.2) is 33.2 Å². The number of thiazole rings is 1. The summed E-state index contributed by atoms with van der Waals surface area (Å²) in [7, 11) is 0. The molecule has 5 nitrogen and oxygen atoms in total. The average molecular weight is 383 g/mol. The van der Waals surface area contributed by atoms with E-state index in [9.17, 15) is 15.0 Å². The van der Waals surface area contributed by atoms with Gasteiger partial charge in [-0.05, 0) is 23.6 Å². The molecule has 0 bridgehead atoms. The van der Waals surface area contributed by atoms with Crippen molar-refractivity contribution >= 4 is 17.1 Å². The Morgan fingerprint density at radius 3 is 2.41 bits per heavy atom. The molecule has 2 aromatic carbocycles. The molecular formula is C21H21NO4S. The van der Waals surface area contributed by atoms with Crippen molar-refractivity contribution in [2.24, 2.45) is 0 Å². The standard InChI is InChI=1S/C21H21NO4S/c1-21(18(24)13-23,19(25)20-22-11-12-27-20)26-14-15-7-9-17(10-8-15)16-5-3-2-4-6-16/h2-12,19,23,25H,13-14H2,1H3/t19-,21+/m0/s1. The lowest BCUT2D eigenvalue weighted by atomic mass is 9.93. The molecule has 2 atom stereocenters. The lowest BCUT2D eigenvalue weighted by molar-refractivity contribution is -0.165. The Morgan fingerprint density at radius 2 is 1.81 bits per heavy atom. The highest BCUT2D eigenvalue weighted by Gasteiger charge is 2.43. The van der Waals surface area contributed by atoms with Crippen LogP contribution in [0.25, 0.3) is 11.1 Å². The van der Waals surface area contributed by atoms with Crippen molar-refractivity contribution in [3.8, 4) is 11.1 Å². The summed E-state index contributed by atoms with van der Waals surface area (Å²) >= 11 is 1.23. The Kier molecular flexibility index (Phi) is 6.13. The number of ketones is 1. The van der Waals surface area contributed by atoms with Crippen LogP contribution in [-0.2, 0) is 16.1 Å². The maximum Gasteiger partial charge on any atom is 0.192 e. The van der Waals surface area contributed by atoms with Crippen molar-refractivity contribution in [2.45, 2.75) is 25.2 Å². The van der Waals surface area contributed by atoms with E-state index in [1.165, 1.54) is 18.3 Å². The molecule has 2 N–H and O–H groups in total. The van der Waals surface area contributed by atoms with Crippen LogP contribution in [0.1, 0.15) is 23.6 Å². The summed E-state index contributed by atoms with van der Waals surface area (Å²) in [4.78, 5) is 16.3. The van der Waals surface area contributed by atoms with Gasteiger partial charge < -0.3 is 14.9 Å².